The molecule has 0 spiro atoms. The molecule has 0 fully saturated rings. The van der Waals surface area contributed by atoms with Gasteiger partial charge in [0.05, 0.1) is 0 Å². The van der Waals surface area contributed by atoms with Crippen molar-refractivity contribution in [3.8, 4) is 0 Å². The van der Waals surface area contributed by atoms with Crippen LogP contribution in [0.5, 0.6) is 0 Å². The highest BCUT2D eigenvalue weighted by Gasteiger charge is 1.59. The van der Waals surface area contributed by atoms with Crippen molar-refractivity contribution in [3.05, 3.63) is 0 Å². The van der Waals surface area contributed by atoms with Gasteiger partial charge in [-0.2, -0.15) is 0 Å². The summed E-state index contributed by atoms with van der Waals surface area (Å²) in [7, 11) is 0. The van der Waals surface area contributed by atoms with Gasteiger partial charge in [-0.25, -0.2) is 0 Å². The van der Waals surface area contributed by atoms with E-state index in [9.17, 15) is 0 Å². The van der Waals surface area contributed by atoms with Gasteiger partial charge in [0.15, 0.2) is 0 Å². The molecule has 0 aromatic rings. The Kier molecular flexibility index (Phi) is 4.30. The molecule has 0 aromatic heterocycles. The highest BCUT2D eigenvalue weighted by Crippen LogP contribution is 1.64. The summed E-state index contributed by atoms with van der Waals surface area (Å²) >= 11 is 0. The smallest absolute Gasteiger partial charge is 0.130 e. The second kappa shape index (κ2) is 5.01. The lowest BCUT2D eigenvalue weighted by Gasteiger charge is -1.74. The van der Waals surface area contributed by atoms with Gasteiger partial charge in [-0.3, -0.25) is 15.0 Å². The van der Waals surface area contributed by atoms with Crippen LogP contribution in [0.2, 0.25) is 0 Å². The lowest BCUT2D eigenvalue weighted by atomic mass is 11.1. The predicted octanol–water partition coefficient (Wildman–Crippen LogP) is 0.373. The molecule has 0 amide bonds. The topological polar surface area (TPSA) is 37.1 Å². The van der Waals surface area contributed by atoms with E-state index in [-0.39, 0.29) is 0 Å². The lowest BCUT2D eigenvalue weighted by Crippen LogP contribution is -1.69. The zero-order valence-corrected chi connectivity index (χ0v) is 4.04. The Morgan fingerprint density at radius 2 is 2.14 bits per heavy atom. The predicted molar refractivity (Wildman–Crippen MR) is 32.5 cm³/mol. The SMILES string of the molecule is C=N/C=N\CN=C. The quantitative estimate of drug-likeness (QED) is 0.360. The van der Waals surface area contributed by atoms with Crippen LogP contribution in [0.1, 0.15) is 0 Å². The Balaban J connectivity index is 3.08. The Morgan fingerprint density at radius 3 is 2.57 bits per heavy atom. The molecule has 0 unspecified atom stereocenters. The molecule has 3 nitrogen and oxygen atoms in total. The minimum Gasteiger partial charge on any atom is -0.278 e. The second-order valence-corrected chi connectivity index (χ2v) is 0.846. The molecule has 0 rings (SSSR count). The van der Waals surface area contributed by atoms with Crippen LogP contribution in [0, 0.1) is 0 Å². The molecule has 0 radical (unpaired) electrons. The summed E-state index contributed by atoms with van der Waals surface area (Å²) in [6, 6.07) is 0. The maximum absolute atomic E-state index is 3.62. The second-order valence-electron chi connectivity index (χ2n) is 0.846. The summed E-state index contributed by atoms with van der Waals surface area (Å²) in [6.07, 6.45) is 1.34. The van der Waals surface area contributed by atoms with Crippen LogP contribution < -0.4 is 0 Å². The van der Waals surface area contributed by atoms with Gasteiger partial charge >= 0.3 is 0 Å². The van der Waals surface area contributed by atoms with Crippen molar-refractivity contribution >= 4 is 19.8 Å². The normalized spacial score (nSPS) is 9.14. The van der Waals surface area contributed by atoms with Crippen LogP contribution in [-0.2, 0) is 0 Å². The zero-order chi connectivity index (χ0) is 5.54. The monoisotopic (exact) mass is 97.1 g/mol. The van der Waals surface area contributed by atoms with Crippen molar-refractivity contribution in [2.24, 2.45) is 15.0 Å². The van der Waals surface area contributed by atoms with E-state index in [0.717, 1.165) is 0 Å². The molecule has 7 heavy (non-hydrogen) atoms. The highest BCUT2D eigenvalue weighted by molar-refractivity contribution is 5.61. The third-order valence-electron chi connectivity index (χ3n) is 0.345. The molecule has 3 heteroatoms. The summed E-state index contributed by atoms with van der Waals surface area (Å²) in [4.78, 5) is 10.4. The fraction of sp³-hybridized carbons (Fsp3) is 0.250. The van der Waals surface area contributed by atoms with Gasteiger partial charge in [0.1, 0.15) is 13.0 Å². The van der Waals surface area contributed by atoms with Gasteiger partial charge < -0.3 is 0 Å². The number of hydrogen-bond acceptors (Lipinski definition) is 2. The van der Waals surface area contributed by atoms with Crippen LogP contribution in [0.4, 0.5) is 0 Å². The average molecular weight is 97.1 g/mol. The van der Waals surface area contributed by atoms with Crippen LogP contribution in [0.25, 0.3) is 0 Å². The standard InChI is InChI=1S/C4H7N3/c1-5-3-7-4-6-2/h3H,1-2,4H2/b7-3-. The maximum Gasteiger partial charge on any atom is 0.130 e. The fourth-order valence-electron chi connectivity index (χ4n) is 0.152. The number of nitrogens with zero attached hydrogens (tertiary/aromatic N) is 3. The van der Waals surface area contributed by atoms with Crippen molar-refractivity contribution in [3.63, 3.8) is 0 Å². The zero-order valence-electron chi connectivity index (χ0n) is 4.04. The first-order chi connectivity index (χ1) is 3.41. The summed E-state index contributed by atoms with van der Waals surface area (Å²) < 4.78 is 0. The molecule has 0 aliphatic heterocycles. The van der Waals surface area contributed by atoms with Crippen LogP contribution in [0.15, 0.2) is 15.0 Å². The van der Waals surface area contributed by atoms with E-state index in [1.807, 2.05) is 0 Å². The number of rotatable bonds is 3. The Morgan fingerprint density at radius 1 is 1.43 bits per heavy atom. The first kappa shape index (κ1) is 6.01. The van der Waals surface area contributed by atoms with Gasteiger partial charge in [-0.1, -0.05) is 0 Å². The Hall–Kier alpha value is -0.990. The molecule has 0 saturated heterocycles. The molecule has 38 valence electrons. The molecule has 0 atom stereocenters. The Bertz CT molecular complexity index is 84.9. The molecule has 0 aliphatic rings. The number of aliphatic imine (C=N–C) groups is 3. The largest absolute Gasteiger partial charge is 0.278 e. The lowest BCUT2D eigenvalue weighted by molar-refractivity contribution is 1.09. The highest BCUT2D eigenvalue weighted by atomic mass is 14.9. The summed E-state index contributed by atoms with van der Waals surface area (Å²) in [6.45, 7) is 6.75. The van der Waals surface area contributed by atoms with Crippen molar-refractivity contribution in [1.29, 1.82) is 0 Å². The van der Waals surface area contributed by atoms with E-state index in [1.54, 1.807) is 0 Å². The van der Waals surface area contributed by atoms with Crippen LogP contribution in [-0.4, -0.2) is 26.4 Å². The molecule has 0 N–H and O–H groups in total. The molecule has 0 saturated carbocycles. The van der Waals surface area contributed by atoms with E-state index in [0.29, 0.717) is 6.67 Å². The first-order valence-corrected chi connectivity index (χ1v) is 1.78. The van der Waals surface area contributed by atoms with Crippen molar-refractivity contribution in [1.82, 2.24) is 0 Å². The molecular formula is C4H7N3. The van der Waals surface area contributed by atoms with Gasteiger partial charge in [0, 0.05) is 0 Å². The summed E-state index contributed by atoms with van der Waals surface area (Å²) in [5.41, 5.74) is 0. The minimum absolute atomic E-state index is 0.374. The van der Waals surface area contributed by atoms with Gasteiger partial charge in [0.25, 0.3) is 0 Å². The number of hydrogen-bond donors (Lipinski definition) is 0. The van der Waals surface area contributed by atoms with E-state index in [2.05, 4.69) is 28.4 Å². The van der Waals surface area contributed by atoms with Gasteiger partial charge in [-0.05, 0) is 13.4 Å². The maximum atomic E-state index is 3.62. The van der Waals surface area contributed by atoms with E-state index < -0.39 is 0 Å². The summed E-state index contributed by atoms with van der Waals surface area (Å²) in [5.74, 6) is 0. The third-order valence-corrected chi connectivity index (χ3v) is 0.345. The molecule has 0 bridgehead atoms. The van der Waals surface area contributed by atoms with Crippen molar-refractivity contribution in [2.45, 2.75) is 0 Å². The van der Waals surface area contributed by atoms with E-state index in [1.165, 1.54) is 6.34 Å². The molecule has 0 aliphatic carbocycles. The first-order valence-electron chi connectivity index (χ1n) is 1.78. The van der Waals surface area contributed by atoms with E-state index >= 15 is 0 Å². The molecular weight excluding hydrogens is 90.1 g/mol. The Labute approximate surface area is 42.5 Å². The van der Waals surface area contributed by atoms with Crippen molar-refractivity contribution < 1.29 is 0 Å². The average Bonchev–Trinajstić information content (AvgIpc) is 1.69. The molecule has 0 heterocycles. The fourth-order valence-corrected chi connectivity index (χ4v) is 0.152. The van der Waals surface area contributed by atoms with Gasteiger partial charge in [-0.15, -0.1) is 0 Å². The van der Waals surface area contributed by atoms with Crippen molar-refractivity contribution in [2.75, 3.05) is 6.67 Å². The molecule has 0 aromatic carbocycles. The minimum atomic E-state index is 0.374. The summed E-state index contributed by atoms with van der Waals surface area (Å²) in [5, 5.41) is 0. The van der Waals surface area contributed by atoms with Gasteiger partial charge in [0.2, 0.25) is 0 Å². The van der Waals surface area contributed by atoms with Crippen LogP contribution >= 0.6 is 0 Å². The third kappa shape index (κ3) is 5.01. The van der Waals surface area contributed by atoms with Crippen LogP contribution in [0.3, 0.4) is 0 Å². The van der Waals surface area contributed by atoms with E-state index in [4.69, 9.17) is 0 Å².